The second-order valence-corrected chi connectivity index (χ2v) is 6.75. The lowest BCUT2D eigenvalue weighted by atomic mass is 10.1. The maximum atomic E-state index is 12.7. The fourth-order valence-electron chi connectivity index (χ4n) is 3.03. The van der Waals surface area contributed by atoms with E-state index in [1.165, 1.54) is 17.8 Å². The molecule has 0 saturated heterocycles. The van der Waals surface area contributed by atoms with Gasteiger partial charge in [0, 0.05) is 29.8 Å². The van der Waals surface area contributed by atoms with Crippen molar-refractivity contribution in [3.05, 3.63) is 76.8 Å². The summed E-state index contributed by atoms with van der Waals surface area (Å²) in [6.45, 7) is 1.62. The van der Waals surface area contributed by atoms with E-state index >= 15 is 0 Å². The van der Waals surface area contributed by atoms with E-state index in [0.29, 0.717) is 22.5 Å². The Labute approximate surface area is 171 Å². The Morgan fingerprint density at radius 2 is 1.80 bits per heavy atom. The number of hydrogen-bond donors (Lipinski definition) is 1. The molecule has 0 unspecified atom stereocenters. The fourth-order valence-corrected chi connectivity index (χ4v) is 3.03. The Bertz CT molecular complexity index is 1270. The first-order valence-electron chi connectivity index (χ1n) is 9.34. The Morgan fingerprint density at radius 1 is 1.07 bits per heavy atom. The third kappa shape index (κ3) is 3.88. The van der Waals surface area contributed by atoms with Gasteiger partial charge < -0.3 is 9.84 Å². The summed E-state index contributed by atoms with van der Waals surface area (Å²) < 4.78 is 6.55. The molecule has 0 bridgehead atoms. The van der Waals surface area contributed by atoms with Crippen molar-refractivity contribution in [2.75, 3.05) is 5.32 Å². The molecule has 0 spiro atoms. The van der Waals surface area contributed by atoms with E-state index < -0.39 is 5.56 Å². The zero-order valence-corrected chi connectivity index (χ0v) is 16.2. The number of nitrogens with one attached hydrogen (secondary N) is 1. The SMILES string of the molecule is CC(=O)c1ccc(NC(=O)CCn2cnc3c(-c4ccccc4)noc3c2=O)cc1. The van der Waals surface area contributed by atoms with E-state index in [2.05, 4.69) is 15.5 Å². The van der Waals surface area contributed by atoms with Crippen LogP contribution in [-0.4, -0.2) is 26.4 Å². The molecule has 4 rings (SSSR count). The quantitative estimate of drug-likeness (QED) is 0.496. The van der Waals surface area contributed by atoms with Crippen LogP contribution in [0.15, 0.2) is 70.2 Å². The molecule has 2 aromatic heterocycles. The normalized spacial score (nSPS) is 10.8. The van der Waals surface area contributed by atoms with Gasteiger partial charge in [0.15, 0.2) is 5.78 Å². The number of ketones is 1. The molecule has 0 fully saturated rings. The molecule has 150 valence electrons. The second kappa shape index (κ2) is 8.12. The number of aromatic nitrogens is 3. The van der Waals surface area contributed by atoms with Crippen LogP contribution in [0.1, 0.15) is 23.7 Å². The molecule has 30 heavy (non-hydrogen) atoms. The first-order valence-corrected chi connectivity index (χ1v) is 9.34. The van der Waals surface area contributed by atoms with E-state index in [1.54, 1.807) is 24.3 Å². The predicted molar refractivity (Wildman–Crippen MR) is 111 cm³/mol. The van der Waals surface area contributed by atoms with E-state index in [-0.39, 0.29) is 30.2 Å². The van der Waals surface area contributed by atoms with Gasteiger partial charge in [-0.1, -0.05) is 35.5 Å². The summed E-state index contributed by atoms with van der Waals surface area (Å²) in [5.41, 5.74) is 2.49. The van der Waals surface area contributed by atoms with Crippen molar-refractivity contribution in [3.63, 3.8) is 0 Å². The van der Waals surface area contributed by atoms with E-state index in [9.17, 15) is 14.4 Å². The Balaban J connectivity index is 1.46. The molecule has 8 nitrogen and oxygen atoms in total. The van der Waals surface area contributed by atoms with Crippen molar-refractivity contribution >= 4 is 28.5 Å². The zero-order chi connectivity index (χ0) is 21.1. The standard InChI is InChI=1S/C22H18N4O4/c1-14(27)15-7-9-17(10-8-15)24-18(28)11-12-26-13-23-20-19(16-5-3-2-4-6-16)25-30-21(20)22(26)29/h2-10,13H,11-12H2,1H3,(H,24,28). The van der Waals surface area contributed by atoms with Gasteiger partial charge in [0.1, 0.15) is 11.2 Å². The molecule has 0 aliphatic rings. The molecule has 1 N–H and O–H groups in total. The molecule has 4 aromatic rings. The number of rotatable bonds is 6. The van der Waals surface area contributed by atoms with Gasteiger partial charge in [0.2, 0.25) is 5.91 Å². The highest BCUT2D eigenvalue weighted by atomic mass is 16.5. The van der Waals surface area contributed by atoms with Crippen LogP contribution in [0, 0.1) is 0 Å². The van der Waals surface area contributed by atoms with Crippen LogP contribution < -0.4 is 10.9 Å². The molecule has 2 aromatic carbocycles. The first kappa shape index (κ1) is 19.3. The van der Waals surface area contributed by atoms with Crippen LogP contribution in [0.3, 0.4) is 0 Å². The summed E-state index contributed by atoms with van der Waals surface area (Å²) in [6, 6.07) is 15.9. The number of hydrogen-bond acceptors (Lipinski definition) is 6. The van der Waals surface area contributed by atoms with Gasteiger partial charge in [-0.15, -0.1) is 0 Å². The van der Waals surface area contributed by atoms with Crippen LogP contribution >= 0.6 is 0 Å². The number of amides is 1. The minimum Gasteiger partial charge on any atom is -0.348 e. The number of Topliss-reactive ketones (excluding diaryl/α,β-unsaturated/α-hetero) is 1. The van der Waals surface area contributed by atoms with Crippen molar-refractivity contribution < 1.29 is 14.1 Å². The fraction of sp³-hybridized carbons (Fsp3) is 0.136. The number of carbonyl (C=O) groups excluding carboxylic acids is 2. The van der Waals surface area contributed by atoms with E-state index in [1.807, 2.05) is 30.3 Å². The molecule has 8 heteroatoms. The van der Waals surface area contributed by atoms with Crippen molar-refractivity contribution in [2.24, 2.45) is 0 Å². The van der Waals surface area contributed by atoms with Crippen LogP contribution in [0.4, 0.5) is 5.69 Å². The van der Waals surface area contributed by atoms with Crippen LogP contribution in [0.5, 0.6) is 0 Å². The second-order valence-electron chi connectivity index (χ2n) is 6.75. The van der Waals surface area contributed by atoms with Gasteiger partial charge in [-0.05, 0) is 31.2 Å². The van der Waals surface area contributed by atoms with Crippen LogP contribution in [0.25, 0.3) is 22.4 Å². The van der Waals surface area contributed by atoms with E-state index in [0.717, 1.165) is 5.56 Å². The summed E-state index contributed by atoms with van der Waals surface area (Å²) in [7, 11) is 0. The molecular formula is C22H18N4O4. The van der Waals surface area contributed by atoms with Gasteiger partial charge in [-0.2, -0.15) is 0 Å². The maximum absolute atomic E-state index is 12.7. The summed E-state index contributed by atoms with van der Waals surface area (Å²) in [5, 5.41) is 6.72. The van der Waals surface area contributed by atoms with Gasteiger partial charge >= 0.3 is 0 Å². The Hall–Kier alpha value is -4.07. The van der Waals surface area contributed by atoms with Crippen molar-refractivity contribution in [3.8, 4) is 11.3 Å². The summed E-state index contributed by atoms with van der Waals surface area (Å²) in [5.74, 6) is -0.307. The number of nitrogens with zero attached hydrogens (tertiary/aromatic N) is 3. The lowest BCUT2D eigenvalue weighted by molar-refractivity contribution is -0.116. The highest BCUT2D eigenvalue weighted by Crippen LogP contribution is 2.23. The van der Waals surface area contributed by atoms with Crippen LogP contribution in [0.2, 0.25) is 0 Å². The minimum atomic E-state index is -0.395. The highest BCUT2D eigenvalue weighted by molar-refractivity contribution is 5.95. The monoisotopic (exact) mass is 402 g/mol. The largest absolute Gasteiger partial charge is 0.348 e. The number of aryl methyl sites for hydroxylation is 1. The maximum Gasteiger partial charge on any atom is 0.299 e. The first-order chi connectivity index (χ1) is 14.5. The Morgan fingerprint density at radius 3 is 2.50 bits per heavy atom. The molecule has 0 radical (unpaired) electrons. The van der Waals surface area contributed by atoms with Gasteiger partial charge in [0.25, 0.3) is 11.1 Å². The lowest BCUT2D eigenvalue weighted by Gasteiger charge is -2.07. The van der Waals surface area contributed by atoms with Crippen molar-refractivity contribution in [2.45, 2.75) is 19.9 Å². The molecule has 0 saturated carbocycles. The van der Waals surface area contributed by atoms with Gasteiger partial charge in [0.05, 0.1) is 6.33 Å². The lowest BCUT2D eigenvalue weighted by Crippen LogP contribution is -2.23. The number of benzene rings is 2. The molecule has 0 aliphatic carbocycles. The number of fused-ring (bicyclic) bond motifs is 1. The highest BCUT2D eigenvalue weighted by Gasteiger charge is 2.16. The predicted octanol–water partition coefficient (Wildman–Crippen LogP) is 3.28. The average Bonchev–Trinajstić information content (AvgIpc) is 3.19. The van der Waals surface area contributed by atoms with Crippen LogP contribution in [-0.2, 0) is 11.3 Å². The summed E-state index contributed by atoms with van der Waals surface area (Å²) in [4.78, 5) is 40.5. The smallest absolute Gasteiger partial charge is 0.299 e. The minimum absolute atomic E-state index is 0.0435. The zero-order valence-electron chi connectivity index (χ0n) is 16.2. The van der Waals surface area contributed by atoms with E-state index in [4.69, 9.17) is 4.52 Å². The summed E-state index contributed by atoms with van der Waals surface area (Å²) in [6.07, 6.45) is 1.46. The molecular weight excluding hydrogens is 384 g/mol. The third-order valence-corrected chi connectivity index (χ3v) is 4.65. The average molecular weight is 402 g/mol. The number of carbonyl (C=O) groups is 2. The number of anilines is 1. The molecule has 0 atom stereocenters. The third-order valence-electron chi connectivity index (χ3n) is 4.65. The topological polar surface area (TPSA) is 107 Å². The molecule has 0 aliphatic heterocycles. The Kier molecular flexibility index (Phi) is 5.21. The van der Waals surface area contributed by atoms with Gasteiger partial charge in [-0.25, -0.2) is 4.98 Å². The van der Waals surface area contributed by atoms with Gasteiger partial charge in [-0.3, -0.25) is 19.0 Å². The van der Waals surface area contributed by atoms with Crippen molar-refractivity contribution in [1.82, 2.24) is 14.7 Å². The van der Waals surface area contributed by atoms with Crippen molar-refractivity contribution in [1.29, 1.82) is 0 Å². The summed E-state index contributed by atoms with van der Waals surface area (Å²) >= 11 is 0. The molecule has 1 amide bonds. The molecule has 2 heterocycles.